The van der Waals surface area contributed by atoms with Gasteiger partial charge in [-0.05, 0) is 25.7 Å². The first-order valence-corrected chi connectivity index (χ1v) is 13.6. The van der Waals surface area contributed by atoms with E-state index in [2.05, 4.69) is 18.7 Å². The van der Waals surface area contributed by atoms with Crippen LogP contribution in [0.1, 0.15) is 149 Å². The molecule has 0 bridgehead atoms. The summed E-state index contributed by atoms with van der Waals surface area (Å²) in [5.74, 6) is 0.836. The van der Waals surface area contributed by atoms with Gasteiger partial charge in [-0.3, -0.25) is 4.79 Å². The Bertz CT molecular complexity index is 342. The molecule has 1 aliphatic carbocycles. The molecule has 1 saturated carbocycles. The Morgan fingerprint density at radius 2 is 0.966 bits per heavy atom. The van der Waals surface area contributed by atoms with Gasteiger partial charge in [-0.15, -0.1) is 0 Å². The SMILES string of the molecule is CCCCCCCCCCN(CCCCCCCCCC)C(=O)C1CCCCC1. The van der Waals surface area contributed by atoms with Gasteiger partial charge in [0.1, 0.15) is 0 Å². The van der Waals surface area contributed by atoms with Crippen LogP contribution in [-0.4, -0.2) is 23.9 Å². The number of carbonyl (C=O) groups is 1. The standard InChI is InChI=1S/C27H53NO/c1-3-5-7-9-11-13-15-20-24-28(27(29)26-22-18-17-19-23-26)25-21-16-14-12-10-8-6-4-2/h26H,3-25H2,1-2H3. The van der Waals surface area contributed by atoms with Crippen LogP contribution in [0.4, 0.5) is 0 Å². The van der Waals surface area contributed by atoms with Gasteiger partial charge < -0.3 is 4.90 Å². The quantitative estimate of drug-likeness (QED) is 0.196. The van der Waals surface area contributed by atoms with Gasteiger partial charge in [0.25, 0.3) is 0 Å². The number of amides is 1. The summed E-state index contributed by atoms with van der Waals surface area (Å²) >= 11 is 0. The van der Waals surface area contributed by atoms with Crippen LogP contribution in [0.15, 0.2) is 0 Å². The highest BCUT2D eigenvalue weighted by Crippen LogP contribution is 2.26. The number of nitrogens with zero attached hydrogens (tertiary/aromatic N) is 1. The molecule has 0 aromatic heterocycles. The van der Waals surface area contributed by atoms with Gasteiger partial charge in [-0.2, -0.15) is 0 Å². The topological polar surface area (TPSA) is 20.3 Å². The second kappa shape index (κ2) is 19.4. The first kappa shape index (κ1) is 26.5. The van der Waals surface area contributed by atoms with E-state index < -0.39 is 0 Å². The molecule has 0 aliphatic heterocycles. The minimum Gasteiger partial charge on any atom is -0.342 e. The van der Waals surface area contributed by atoms with Crippen molar-refractivity contribution in [1.29, 1.82) is 0 Å². The Kier molecular flexibility index (Phi) is 17.8. The highest BCUT2D eigenvalue weighted by molar-refractivity contribution is 5.78. The molecule has 0 N–H and O–H groups in total. The van der Waals surface area contributed by atoms with Crippen LogP contribution >= 0.6 is 0 Å². The lowest BCUT2D eigenvalue weighted by Crippen LogP contribution is -2.38. The van der Waals surface area contributed by atoms with E-state index in [0.29, 0.717) is 11.8 Å². The summed E-state index contributed by atoms with van der Waals surface area (Å²) in [5, 5.41) is 0. The van der Waals surface area contributed by atoms with Crippen molar-refractivity contribution in [3.63, 3.8) is 0 Å². The normalized spacial score (nSPS) is 15.0. The van der Waals surface area contributed by atoms with E-state index in [1.165, 1.54) is 122 Å². The van der Waals surface area contributed by atoms with Crippen molar-refractivity contribution in [2.45, 2.75) is 149 Å². The summed E-state index contributed by atoms with van der Waals surface area (Å²) in [5.41, 5.74) is 0. The summed E-state index contributed by atoms with van der Waals surface area (Å²) in [6, 6.07) is 0. The Morgan fingerprint density at radius 1 is 0.586 bits per heavy atom. The van der Waals surface area contributed by atoms with Crippen molar-refractivity contribution in [1.82, 2.24) is 4.90 Å². The maximum atomic E-state index is 13.1. The minimum atomic E-state index is 0.340. The average molecular weight is 408 g/mol. The monoisotopic (exact) mass is 407 g/mol. The molecule has 1 fully saturated rings. The second-order valence-electron chi connectivity index (χ2n) is 9.61. The molecule has 1 rings (SSSR count). The number of unbranched alkanes of at least 4 members (excludes halogenated alkanes) is 14. The average Bonchev–Trinajstić information content (AvgIpc) is 2.76. The third kappa shape index (κ3) is 14.2. The van der Waals surface area contributed by atoms with Gasteiger partial charge in [-0.1, -0.05) is 123 Å². The van der Waals surface area contributed by atoms with Gasteiger partial charge in [0, 0.05) is 19.0 Å². The smallest absolute Gasteiger partial charge is 0.225 e. The van der Waals surface area contributed by atoms with Crippen molar-refractivity contribution < 1.29 is 4.79 Å². The predicted octanol–water partition coefficient (Wildman–Crippen LogP) is 8.68. The first-order valence-electron chi connectivity index (χ1n) is 13.6. The molecule has 1 amide bonds. The lowest BCUT2D eigenvalue weighted by molar-refractivity contribution is -0.136. The lowest BCUT2D eigenvalue weighted by Gasteiger charge is -2.29. The fourth-order valence-corrected chi connectivity index (χ4v) is 4.81. The first-order chi connectivity index (χ1) is 14.3. The number of hydrogen-bond donors (Lipinski definition) is 0. The van der Waals surface area contributed by atoms with Gasteiger partial charge in [0.2, 0.25) is 5.91 Å². The van der Waals surface area contributed by atoms with E-state index in [-0.39, 0.29) is 0 Å². The highest BCUT2D eigenvalue weighted by Gasteiger charge is 2.25. The zero-order valence-corrected chi connectivity index (χ0v) is 20.2. The molecule has 0 aromatic rings. The van der Waals surface area contributed by atoms with Gasteiger partial charge in [0.05, 0.1) is 0 Å². The molecule has 0 atom stereocenters. The van der Waals surface area contributed by atoms with E-state index in [1.54, 1.807) is 0 Å². The van der Waals surface area contributed by atoms with Crippen molar-refractivity contribution in [2.75, 3.05) is 13.1 Å². The summed E-state index contributed by atoms with van der Waals surface area (Å²) in [6.07, 6.45) is 27.7. The van der Waals surface area contributed by atoms with Crippen LogP contribution in [0.5, 0.6) is 0 Å². The molecule has 0 unspecified atom stereocenters. The zero-order chi connectivity index (χ0) is 21.0. The Labute approximate surface area is 183 Å². The van der Waals surface area contributed by atoms with E-state index >= 15 is 0 Å². The lowest BCUT2D eigenvalue weighted by atomic mass is 9.88. The zero-order valence-electron chi connectivity index (χ0n) is 20.2. The Hall–Kier alpha value is -0.530. The molecule has 172 valence electrons. The maximum Gasteiger partial charge on any atom is 0.225 e. The van der Waals surface area contributed by atoms with Crippen molar-refractivity contribution >= 4 is 5.91 Å². The molecule has 0 radical (unpaired) electrons. The van der Waals surface area contributed by atoms with Crippen molar-refractivity contribution in [3.05, 3.63) is 0 Å². The molecule has 0 saturated heterocycles. The van der Waals surface area contributed by atoms with E-state index in [9.17, 15) is 4.79 Å². The molecule has 0 aromatic carbocycles. The molecule has 1 aliphatic rings. The molecule has 2 heteroatoms. The van der Waals surface area contributed by atoms with Gasteiger partial charge in [0.15, 0.2) is 0 Å². The molecule has 0 heterocycles. The van der Waals surface area contributed by atoms with Crippen LogP contribution < -0.4 is 0 Å². The number of carbonyl (C=O) groups excluding carboxylic acids is 1. The van der Waals surface area contributed by atoms with Crippen LogP contribution in [0.2, 0.25) is 0 Å². The van der Waals surface area contributed by atoms with Crippen LogP contribution in [0, 0.1) is 5.92 Å². The molecule has 2 nitrogen and oxygen atoms in total. The fourth-order valence-electron chi connectivity index (χ4n) is 4.81. The van der Waals surface area contributed by atoms with E-state index in [0.717, 1.165) is 25.9 Å². The summed E-state index contributed by atoms with van der Waals surface area (Å²) in [7, 11) is 0. The third-order valence-corrected chi connectivity index (χ3v) is 6.83. The molecular weight excluding hydrogens is 354 g/mol. The maximum absolute atomic E-state index is 13.1. The second-order valence-corrected chi connectivity index (χ2v) is 9.61. The largest absolute Gasteiger partial charge is 0.342 e. The van der Waals surface area contributed by atoms with E-state index in [1.807, 2.05) is 0 Å². The predicted molar refractivity (Wildman–Crippen MR) is 128 cm³/mol. The molecule has 0 spiro atoms. The summed E-state index contributed by atoms with van der Waals surface area (Å²) < 4.78 is 0. The van der Waals surface area contributed by atoms with E-state index in [4.69, 9.17) is 0 Å². The van der Waals surface area contributed by atoms with Crippen LogP contribution in [0.3, 0.4) is 0 Å². The molecular formula is C27H53NO. The number of rotatable bonds is 19. The summed E-state index contributed by atoms with van der Waals surface area (Å²) in [4.78, 5) is 15.4. The number of hydrogen-bond acceptors (Lipinski definition) is 1. The highest BCUT2D eigenvalue weighted by atomic mass is 16.2. The summed E-state index contributed by atoms with van der Waals surface area (Å²) in [6.45, 7) is 6.59. The Morgan fingerprint density at radius 3 is 1.38 bits per heavy atom. The van der Waals surface area contributed by atoms with Crippen LogP contribution in [0.25, 0.3) is 0 Å². The van der Waals surface area contributed by atoms with Gasteiger partial charge >= 0.3 is 0 Å². The molecule has 29 heavy (non-hydrogen) atoms. The van der Waals surface area contributed by atoms with Crippen molar-refractivity contribution in [2.24, 2.45) is 5.92 Å². The fraction of sp³-hybridized carbons (Fsp3) is 0.963. The minimum absolute atomic E-state index is 0.340. The third-order valence-electron chi connectivity index (χ3n) is 6.83. The van der Waals surface area contributed by atoms with Crippen LogP contribution in [-0.2, 0) is 4.79 Å². The van der Waals surface area contributed by atoms with Gasteiger partial charge in [-0.25, -0.2) is 0 Å². The Balaban J connectivity index is 2.23. The van der Waals surface area contributed by atoms with Crippen molar-refractivity contribution in [3.8, 4) is 0 Å².